The van der Waals surface area contributed by atoms with Gasteiger partial charge < -0.3 is 14.9 Å². The number of carbonyl (C=O) groups excluding carboxylic acids is 2. The minimum absolute atomic E-state index is 0.0681. The first-order chi connectivity index (χ1) is 8.85. The first kappa shape index (κ1) is 17.1. The van der Waals surface area contributed by atoms with Gasteiger partial charge in [-0.15, -0.1) is 0 Å². The summed E-state index contributed by atoms with van der Waals surface area (Å²) < 4.78 is 4.54. The van der Waals surface area contributed by atoms with Crippen molar-refractivity contribution in [3.05, 3.63) is 12.7 Å². The van der Waals surface area contributed by atoms with Gasteiger partial charge in [0.2, 0.25) is 0 Å². The van der Waals surface area contributed by atoms with Gasteiger partial charge in [-0.05, 0) is 6.92 Å². The van der Waals surface area contributed by atoms with Crippen LogP contribution in [0.1, 0.15) is 19.8 Å². The lowest BCUT2D eigenvalue weighted by Gasteiger charge is -2.20. The molecule has 0 fully saturated rings. The van der Waals surface area contributed by atoms with Gasteiger partial charge in [-0.2, -0.15) is 4.89 Å². The molecule has 0 amide bonds. The summed E-state index contributed by atoms with van der Waals surface area (Å²) in [5.41, 5.74) is -2.60. The molecule has 0 rings (SSSR count). The predicted octanol–water partition coefficient (Wildman–Crippen LogP) is -0.194. The maximum absolute atomic E-state index is 11.2. The number of hydrogen-bond donors (Lipinski definition) is 2. The average molecular weight is 276 g/mol. The Bertz CT molecular complexity index is 351. The zero-order chi connectivity index (χ0) is 14.9. The Morgan fingerprint density at radius 2 is 1.84 bits per heavy atom. The fourth-order valence-electron chi connectivity index (χ4n) is 1.05. The van der Waals surface area contributed by atoms with Gasteiger partial charge in [-0.1, -0.05) is 12.7 Å². The van der Waals surface area contributed by atoms with E-state index in [1.165, 1.54) is 6.08 Å². The van der Waals surface area contributed by atoms with Crippen LogP contribution >= 0.6 is 0 Å². The smallest absolute Gasteiger partial charge is 0.345 e. The number of hydrogen-bond acceptors (Lipinski definition) is 7. The maximum atomic E-state index is 11.2. The largest absolute Gasteiger partial charge is 0.479 e. The number of rotatable bonds is 9. The summed E-state index contributed by atoms with van der Waals surface area (Å²) in [7, 11) is 0. The van der Waals surface area contributed by atoms with Gasteiger partial charge in [-0.3, -0.25) is 9.68 Å². The number of carbonyl (C=O) groups is 3. The molecule has 0 aliphatic rings. The van der Waals surface area contributed by atoms with Crippen LogP contribution in [0.25, 0.3) is 0 Å². The third-order valence-corrected chi connectivity index (χ3v) is 1.90. The summed E-state index contributed by atoms with van der Waals surface area (Å²) in [6, 6.07) is 0. The van der Waals surface area contributed by atoms with Gasteiger partial charge in [0, 0.05) is 0 Å². The number of aliphatic carboxylic acids is 1. The van der Waals surface area contributed by atoms with E-state index in [9.17, 15) is 19.5 Å². The highest BCUT2D eigenvalue weighted by molar-refractivity contribution is 5.88. The summed E-state index contributed by atoms with van der Waals surface area (Å²) in [6.07, 6.45) is -0.552. The van der Waals surface area contributed by atoms with E-state index in [2.05, 4.69) is 21.1 Å². The molecule has 0 aromatic carbocycles. The third kappa shape index (κ3) is 6.53. The van der Waals surface area contributed by atoms with Crippen LogP contribution in [-0.2, 0) is 28.9 Å². The van der Waals surface area contributed by atoms with Crippen molar-refractivity contribution in [2.75, 3.05) is 13.2 Å². The number of ether oxygens (including phenoxy) is 1. The first-order valence-electron chi connectivity index (χ1n) is 5.40. The van der Waals surface area contributed by atoms with Gasteiger partial charge >= 0.3 is 17.9 Å². The molecule has 0 saturated carbocycles. The van der Waals surface area contributed by atoms with E-state index in [1.54, 1.807) is 6.92 Å². The Morgan fingerprint density at radius 3 is 2.32 bits per heavy atom. The molecule has 108 valence electrons. The predicted molar refractivity (Wildman–Crippen MR) is 60.7 cm³/mol. The Kier molecular flexibility index (Phi) is 7.39. The SMILES string of the molecule is C=CCOC(=O)CC(O)(CC(=O)OOCC)C(=O)O. The molecule has 8 nitrogen and oxygen atoms in total. The molecule has 19 heavy (non-hydrogen) atoms. The lowest BCUT2D eigenvalue weighted by molar-refractivity contribution is -0.272. The minimum atomic E-state index is -2.60. The summed E-state index contributed by atoms with van der Waals surface area (Å²) in [5.74, 6) is -3.83. The van der Waals surface area contributed by atoms with Crippen molar-refractivity contribution < 1.29 is 39.1 Å². The van der Waals surface area contributed by atoms with Crippen LogP contribution in [0, 0.1) is 0 Å². The van der Waals surface area contributed by atoms with Crippen LogP contribution < -0.4 is 0 Å². The number of aliphatic hydroxyl groups is 1. The summed E-state index contributed by atoms with van der Waals surface area (Å²) in [5, 5.41) is 18.6. The fourth-order valence-corrected chi connectivity index (χ4v) is 1.05. The first-order valence-corrected chi connectivity index (χ1v) is 5.40. The van der Waals surface area contributed by atoms with Crippen LogP contribution in [0.4, 0.5) is 0 Å². The number of esters is 1. The molecular weight excluding hydrogens is 260 g/mol. The molecule has 0 radical (unpaired) electrons. The van der Waals surface area contributed by atoms with Crippen molar-refractivity contribution in [1.82, 2.24) is 0 Å². The maximum Gasteiger partial charge on any atom is 0.345 e. The minimum Gasteiger partial charge on any atom is -0.479 e. The van der Waals surface area contributed by atoms with Crippen molar-refractivity contribution in [3.8, 4) is 0 Å². The summed E-state index contributed by atoms with van der Waals surface area (Å²) in [6.45, 7) is 4.79. The van der Waals surface area contributed by atoms with Crippen molar-refractivity contribution in [1.29, 1.82) is 0 Å². The molecule has 0 bridgehead atoms. The van der Waals surface area contributed by atoms with Crippen molar-refractivity contribution in [2.24, 2.45) is 0 Å². The lowest BCUT2D eigenvalue weighted by Crippen LogP contribution is -2.43. The van der Waals surface area contributed by atoms with E-state index >= 15 is 0 Å². The van der Waals surface area contributed by atoms with Crippen LogP contribution in [-0.4, -0.2) is 46.9 Å². The topological polar surface area (TPSA) is 119 Å². The quantitative estimate of drug-likeness (QED) is 0.257. The fraction of sp³-hybridized carbons (Fsp3) is 0.545. The van der Waals surface area contributed by atoms with E-state index < -0.39 is 36.4 Å². The second kappa shape index (κ2) is 8.22. The van der Waals surface area contributed by atoms with Gasteiger partial charge in [0.05, 0.1) is 19.4 Å². The highest BCUT2D eigenvalue weighted by Gasteiger charge is 2.42. The zero-order valence-corrected chi connectivity index (χ0v) is 10.5. The van der Waals surface area contributed by atoms with Crippen LogP contribution in [0.3, 0.4) is 0 Å². The Labute approximate surface area is 109 Å². The van der Waals surface area contributed by atoms with Gasteiger partial charge in [0.1, 0.15) is 6.61 Å². The molecule has 2 N–H and O–H groups in total. The van der Waals surface area contributed by atoms with Crippen LogP contribution in [0.2, 0.25) is 0 Å². The second-order valence-corrected chi connectivity index (χ2v) is 3.52. The van der Waals surface area contributed by atoms with E-state index in [0.717, 1.165) is 0 Å². The molecule has 1 atom stereocenters. The highest BCUT2D eigenvalue weighted by atomic mass is 17.2. The Morgan fingerprint density at radius 1 is 1.26 bits per heavy atom. The number of carboxylic acids is 1. The van der Waals surface area contributed by atoms with Gasteiger partial charge in [0.15, 0.2) is 5.60 Å². The Hall–Kier alpha value is -1.93. The normalized spacial score (nSPS) is 13.2. The molecule has 0 saturated heterocycles. The second-order valence-electron chi connectivity index (χ2n) is 3.52. The average Bonchev–Trinajstić information content (AvgIpc) is 2.33. The molecule has 0 aliphatic carbocycles. The summed E-state index contributed by atoms with van der Waals surface area (Å²) >= 11 is 0. The van der Waals surface area contributed by atoms with Crippen molar-refractivity contribution in [2.45, 2.75) is 25.4 Å². The van der Waals surface area contributed by atoms with Gasteiger partial charge in [-0.25, -0.2) is 9.59 Å². The summed E-state index contributed by atoms with van der Waals surface area (Å²) in [4.78, 5) is 41.8. The standard InChI is InChI=1S/C11H16O8/c1-3-5-17-8(12)6-11(16,10(14)15)7-9(13)19-18-4-2/h3,16H,1,4-7H2,2H3,(H,14,15). The number of carboxylic acid groups (broad SMARTS) is 1. The van der Waals surface area contributed by atoms with E-state index in [0.29, 0.717) is 0 Å². The van der Waals surface area contributed by atoms with Crippen LogP contribution in [0.15, 0.2) is 12.7 Å². The highest BCUT2D eigenvalue weighted by Crippen LogP contribution is 2.18. The Balaban J connectivity index is 4.57. The molecule has 0 aromatic rings. The van der Waals surface area contributed by atoms with Crippen molar-refractivity contribution >= 4 is 17.9 Å². The van der Waals surface area contributed by atoms with E-state index in [4.69, 9.17) is 5.11 Å². The molecule has 0 aliphatic heterocycles. The lowest BCUT2D eigenvalue weighted by atomic mass is 9.96. The monoisotopic (exact) mass is 276 g/mol. The van der Waals surface area contributed by atoms with Gasteiger partial charge in [0.25, 0.3) is 0 Å². The molecule has 0 aromatic heterocycles. The molecule has 8 heteroatoms. The van der Waals surface area contributed by atoms with E-state index in [1.807, 2.05) is 0 Å². The van der Waals surface area contributed by atoms with Crippen molar-refractivity contribution in [3.63, 3.8) is 0 Å². The molecule has 0 heterocycles. The molecule has 0 spiro atoms. The third-order valence-electron chi connectivity index (χ3n) is 1.90. The van der Waals surface area contributed by atoms with Crippen LogP contribution in [0.5, 0.6) is 0 Å². The van der Waals surface area contributed by atoms with E-state index in [-0.39, 0.29) is 13.2 Å². The molecular formula is C11H16O8. The zero-order valence-electron chi connectivity index (χ0n) is 10.5. The molecule has 1 unspecified atom stereocenters.